The van der Waals surface area contributed by atoms with Crippen LogP contribution in [0.3, 0.4) is 0 Å². The summed E-state index contributed by atoms with van der Waals surface area (Å²) in [5.41, 5.74) is 8.63. The summed E-state index contributed by atoms with van der Waals surface area (Å²) in [5.74, 6) is 0. The zero-order chi connectivity index (χ0) is 29.2. The first-order chi connectivity index (χ1) is 21.0. The summed E-state index contributed by atoms with van der Waals surface area (Å²) in [6.45, 7) is 4.60. The van der Waals surface area contributed by atoms with E-state index < -0.39 is 7.14 Å². The first kappa shape index (κ1) is 25.8. The third kappa shape index (κ3) is 3.72. The molecule has 2 aliphatic rings. The summed E-state index contributed by atoms with van der Waals surface area (Å²) in [7, 11) is -3.24. The van der Waals surface area contributed by atoms with Crippen molar-refractivity contribution in [2.24, 2.45) is 0 Å². The summed E-state index contributed by atoms with van der Waals surface area (Å²) in [6, 6.07) is 52.4. The number of nitrogens with zero attached hydrogens (tertiary/aromatic N) is 2. The Morgan fingerprint density at radius 1 is 0.465 bits per heavy atom. The molecule has 0 spiro atoms. The first-order valence-electron chi connectivity index (χ1n) is 14.7. The number of anilines is 6. The second kappa shape index (κ2) is 9.59. The molecule has 0 fully saturated rings. The molecule has 2 aliphatic heterocycles. The average molecular weight is 575 g/mol. The Bertz CT molecular complexity index is 2000. The molecule has 8 rings (SSSR count). The zero-order valence-corrected chi connectivity index (χ0v) is 25.1. The van der Waals surface area contributed by atoms with E-state index in [1.165, 1.54) is 11.1 Å². The number of hydrogen-bond donors (Lipinski definition) is 0. The van der Waals surface area contributed by atoms with E-state index in [4.69, 9.17) is 0 Å². The van der Waals surface area contributed by atoms with E-state index in [1.807, 2.05) is 54.6 Å². The van der Waals surface area contributed by atoms with E-state index >= 15 is 4.57 Å². The highest BCUT2D eigenvalue weighted by Gasteiger charge is 2.42. The molecule has 1 atom stereocenters. The van der Waals surface area contributed by atoms with Gasteiger partial charge in [0.05, 0.1) is 22.7 Å². The van der Waals surface area contributed by atoms with Crippen molar-refractivity contribution in [3.63, 3.8) is 0 Å². The topological polar surface area (TPSA) is 23.6 Å². The van der Waals surface area contributed by atoms with Gasteiger partial charge in [-0.3, -0.25) is 0 Å². The Morgan fingerprint density at radius 2 is 0.953 bits per heavy atom. The number of para-hydroxylation sites is 4. The molecule has 0 amide bonds. The molecule has 0 N–H and O–H groups in total. The van der Waals surface area contributed by atoms with Gasteiger partial charge in [-0.25, -0.2) is 0 Å². The fourth-order valence-corrected chi connectivity index (χ4v) is 10.0. The van der Waals surface area contributed by atoms with Crippen molar-refractivity contribution in [2.45, 2.75) is 19.3 Å². The highest BCUT2D eigenvalue weighted by atomic mass is 31.2. The number of benzene rings is 6. The third-order valence-electron chi connectivity index (χ3n) is 9.03. The van der Waals surface area contributed by atoms with Crippen LogP contribution in [-0.4, -0.2) is 0 Å². The number of hydrogen-bond acceptors (Lipinski definition) is 3. The van der Waals surface area contributed by atoms with Crippen LogP contribution in [0, 0.1) is 0 Å². The molecule has 2 heterocycles. The van der Waals surface area contributed by atoms with Crippen LogP contribution in [-0.2, 0) is 9.98 Å². The minimum atomic E-state index is -3.24. The normalized spacial score (nSPS) is 17.8. The molecule has 208 valence electrons. The Hall–Kier alpha value is -4.85. The van der Waals surface area contributed by atoms with Crippen molar-refractivity contribution in [3.8, 4) is 0 Å². The Kier molecular flexibility index (Phi) is 5.76. The SMILES string of the molecule is CC1(C)c2ccccc2N(c2ccc3c(c2)P(=O)(c2ccccc2)c2ccccc2N3c2ccccc2)c2ccccc21. The maximum Gasteiger partial charge on any atom is 0.175 e. The van der Waals surface area contributed by atoms with Gasteiger partial charge in [-0.1, -0.05) is 111 Å². The van der Waals surface area contributed by atoms with Crippen LogP contribution in [0.15, 0.2) is 152 Å². The van der Waals surface area contributed by atoms with Gasteiger partial charge in [0.25, 0.3) is 0 Å². The van der Waals surface area contributed by atoms with Crippen molar-refractivity contribution in [1.82, 2.24) is 0 Å². The number of fused-ring (bicyclic) bond motifs is 4. The monoisotopic (exact) mass is 574 g/mol. The Balaban J connectivity index is 1.43. The molecule has 0 aliphatic carbocycles. The Morgan fingerprint density at radius 3 is 1.60 bits per heavy atom. The van der Waals surface area contributed by atoms with E-state index in [9.17, 15) is 0 Å². The number of rotatable bonds is 3. The van der Waals surface area contributed by atoms with Crippen LogP contribution >= 0.6 is 7.14 Å². The fraction of sp³-hybridized carbons (Fsp3) is 0.0769. The molecule has 3 nitrogen and oxygen atoms in total. The summed E-state index contributed by atoms with van der Waals surface area (Å²) in [6.07, 6.45) is 0. The summed E-state index contributed by atoms with van der Waals surface area (Å²) < 4.78 is 15.8. The van der Waals surface area contributed by atoms with Gasteiger partial charge < -0.3 is 14.4 Å². The minimum absolute atomic E-state index is 0.153. The van der Waals surface area contributed by atoms with E-state index in [1.54, 1.807) is 0 Å². The zero-order valence-electron chi connectivity index (χ0n) is 24.2. The lowest BCUT2D eigenvalue weighted by Crippen LogP contribution is -2.37. The molecule has 0 bridgehead atoms. The van der Waals surface area contributed by atoms with Gasteiger partial charge in [-0.05, 0) is 65.7 Å². The maximum atomic E-state index is 15.8. The van der Waals surface area contributed by atoms with Crippen molar-refractivity contribution in [3.05, 3.63) is 163 Å². The second-order valence-electron chi connectivity index (χ2n) is 11.8. The lowest BCUT2D eigenvalue weighted by molar-refractivity contribution is 0.592. The van der Waals surface area contributed by atoms with Gasteiger partial charge in [-0.15, -0.1) is 0 Å². The summed E-state index contributed by atoms with van der Waals surface area (Å²) >= 11 is 0. The van der Waals surface area contributed by atoms with Gasteiger partial charge >= 0.3 is 0 Å². The van der Waals surface area contributed by atoms with E-state index in [-0.39, 0.29) is 5.41 Å². The second-order valence-corrected chi connectivity index (χ2v) is 14.5. The van der Waals surface area contributed by atoms with Crippen molar-refractivity contribution in [1.29, 1.82) is 0 Å². The van der Waals surface area contributed by atoms with Gasteiger partial charge in [0.1, 0.15) is 0 Å². The van der Waals surface area contributed by atoms with Crippen molar-refractivity contribution < 1.29 is 4.57 Å². The third-order valence-corrected chi connectivity index (χ3v) is 12.1. The van der Waals surface area contributed by atoms with Crippen LogP contribution in [0.2, 0.25) is 0 Å². The lowest BCUT2D eigenvalue weighted by Gasteiger charge is -2.43. The average Bonchev–Trinajstić information content (AvgIpc) is 3.06. The molecule has 0 aromatic heterocycles. The van der Waals surface area contributed by atoms with Crippen LogP contribution in [0.5, 0.6) is 0 Å². The maximum absolute atomic E-state index is 15.8. The molecule has 0 radical (unpaired) electrons. The molecule has 1 unspecified atom stereocenters. The largest absolute Gasteiger partial charge is 0.310 e. The molecular formula is C39H31N2OP. The summed E-state index contributed by atoms with van der Waals surface area (Å²) in [5, 5.41) is 2.54. The standard InChI is InChI=1S/C39H31N2OP/c1-39(2)31-19-9-11-21-33(31)41(34-22-12-10-20-32(34)39)29-25-26-36-38(27-29)43(42,30-17-7-4-8-18-30)37-24-14-13-23-35(37)40(36)28-15-5-3-6-16-28/h3-27H,1-2H3. The predicted octanol–water partition coefficient (Wildman–Crippen LogP) is 9.22. The summed E-state index contributed by atoms with van der Waals surface area (Å²) in [4.78, 5) is 4.60. The molecule has 4 heteroatoms. The van der Waals surface area contributed by atoms with Gasteiger partial charge in [0.2, 0.25) is 0 Å². The molecule has 6 aromatic rings. The van der Waals surface area contributed by atoms with E-state index in [0.717, 1.165) is 50.0 Å². The molecule has 43 heavy (non-hydrogen) atoms. The lowest BCUT2D eigenvalue weighted by atomic mass is 9.73. The van der Waals surface area contributed by atoms with Gasteiger partial charge in [0, 0.05) is 32.7 Å². The van der Waals surface area contributed by atoms with Crippen LogP contribution in [0.25, 0.3) is 0 Å². The van der Waals surface area contributed by atoms with Crippen LogP contribution < -0.4 is 25.7 Å². The van der Waals surface area contributed by atoms with Crippen LogP contribution in [0.4, 0.5) is 34.1 Å². The van der Waals surface area contributed by atoms with Crippen molar-refractivity contribution >= 4 is 57.2 Å². The minimum Gasteiger partial charge on any atom is -0.310 e. The quantitative estimate of drug-likeness (QED) is 0.197. The van der Waals surface area contributed by atoms with Gasteiger partial charge in [-0.2, -0.15) is 0 Å². The fourth-order valence-electron chi connectivity index (χ4n) is 6.99. The molecule has 6 aromatic carbocycles. The highest BCUT2D eigenvalue weighted by Crippen LogP contribution is 2.56. The first-order valence-corrected chi connectivity index (χ1v) is 16.4. The van der Waals surface area contributed by atoms with E-state index in [2.05, 4.69) is 121 Å². The molecular weight excluding hydrogens is 543 g/mol. The smallest absolute Gasteiger partial charge is 0.175 e. The predicted molar refractivity (Wildman–Crippen MR) is 181 cm³/mol. The molecule has 0 saturated carbocycles. The van der Waals surface area contributed by atoms with Crippen molar-refractivity contribution in [2.75, 3.05) is 9.80 Å². The van der Waals surface area contributed by atoms with E-state index in [0.29, 0.717) is 0 Å². The van der Waals surface area contributed by atoms with Gasteiger partial charge in [0.15, 0.2) is 7.14 Å². The highest BCUT2D eigenvalue weighted by molar-refractivity contribution is 7.86. The Labute approximate surface area is 253 Å². The van der Waals surface area contributed by atoms with Crippen LogP contribution in [0.1, 0.15) is 25.0 Å². The molecule has 0 saturated heterocycles.